The summed E-state index contributed by atoms with van der Waals surface area (Å²) in [6.45, 7) is 8.76. The van der Waals surface area contributed by atoms with Crippen LogP contribution in [0.25, 0.3) is 5.65 Å². The Kier molecular flexibility index (Phi) is 5.53. The summed E-state index contributed by atoms with van der Waals surface area (Å²) in [4.78, 5) is 31.0. The van der Waals surface area contributed by atoms with Crippen LogP contribution in [-0.2, 0) is 10.3 Å². The number of anilines is 2. The van der Waals surface area contributed by atoms with Gasteiger partial charge in [0.15, 0.2) is 11.6 Å². The average Bonchev–Trinajstić information content (AvgIpc) is 3.23. The Labute approximate surface area is 193 Å². The Morgan fingerprint density at radius 1 is 1.15 bits per heavy atom. The molecular formula is C23H30N8O2. The molecule has 3 aromatic heterocycles. The van der Waals surface area contributed by atoms with E-state index in [4.69, 9.17) is 9.72 Å². The number of ether oxygens (including phenoxy) is 1. The van der Waals surface area contributed by atoms with Crippen molar-refractivity contribution in [3.05, 3.63) is 42.5 Å². The minimum atomic E-state index is -0.555. The van der Waals surface area contributed by atoms with Crippen molar-refractivity contribution in [2.75, 3.05) is 56.2 Å². The van der Waals surface area contributed by atoms with Gasteiger partial charge in [0.1, 0.15) is 5.65 Å². The van der Waals surface area contributed by atoms with Crippen LogP contribution in [0.15, 0.2) is 36.8 Å². The van der Waals surface area contributed by atoms with E-state index in [1.54, 1.807) is 13.3 Å². The standard InChI is InChI=1S/C23H30N8O2/c1-23(2,18-13-25-19-6-4-5-9-31(18)19)28-21(32)16-14-30(15-16)20-17(33-3)12-26-22(27-20)29-10-7-24-8-11-29/h4-6,9,12-13,16,24H,7-8,10-11,14-15H2,1-3H3,(H,28,32). The van der Waals surface area contributed by atoms with E-state index >= 15 is 0 Å². The maximum Gasteiger partial charge on any atom is 0.227 e. The molecule has 5 rings (SSSR count). The maximum absolute atomic E-state index is 13.1. The van der Waals surface area contributed by atoms with Crippen molar-refractivity contribution in [1.82, 2.24) is 30.0 Å². The van der Waals surface area contributed by atoms with E-state index in [2.05, 4.69) is 30.4 Å². The molecule has 0 atom stereocenters. The Morgan fingerprint density at radius 3 is 2.70 bits per heavy atom. The lowest BCUT2D eigenvalue weighted by molar-refractivity contribution is -0.127. The molecule has 10 heteroatoms. The number of rotatable bonds is 6. The van der Waals surface area contributed by atoms with Gasteiger partial charge in [-0.15, -0.1) is 0 Å². The number of hydrogen-bond donors (Lipinski definition) is 2. The lowest BCUT2D eigenvalue weighted by atomic mass is 9.95. The number of hydrogen-bond acceptors (Lipinski definition) is 8. The van der Waals surface area contributed by atoms with Crippen LogP contribution in [0, 0.1) is 5.92 Å². The first-order valence-corrected chi connectivity index (χ1v) is 11.3. The fraction of sp³-hybridized carbons (Fsp3) is 0.478. The third-order valence-electron chi connectivity index (χ3n) is 6.39. The summed E-state index contributed by atoms with van der Waals surface area (Å²) >= 11 is 0. The molecule has 2 fully saturated rings. The molecule has 10 nitrogen and oxygen atoms in total. The number of pyridine rings is 1. The number of imidazole rings is 1. The van der Waals surface area contributed by atoms with E-state index in [1.165, 1.54) is 0 Å². The quantitative estimate of drug-likeness (QED) is 0.575. The first-order chi connectivity index (χ1) is 16.0. The smallest absolute Gasteiger partial charge is 0.227 e. The summed E-state index contributed by atoms with van der Waals surface area (Å²) < 4.78 is 7.51. The number of piperazine rings is 1. The number of amides is 1. The number of nitrogens with zero attached hydrogens (tertiary/aromatic N) is 6. The number of carbonyl (C=O) groups excluding carboxylic acids is 1. The van der Waals surface area contributed by atoms with Gasteiger partial charge in [0.2, 0.25) is 11.9 Å². The van der Waals surface area contributed by atoms with Gasteiger partial charge < -0.3 is 29.6 Å². The first-order valence-electron chi connectivity index (χ1n) is 11.3. The fourth-order valence-corrected chi connectivity index (χ4v) is 4.43. The fourth-order valence-electron chi connectivity index (χ4n) is 4.43. The van der Waals surface area contributed by atoms with Gasteiger partial charge in [0, 0.05) is 45.5 Å². The van der Waals surface area contributed by atoms with Gasteiger partial charge in [-0.05, 0) is 26.0 Å². The van der Waals surface area contributed by atoms with Crippen molar-refractivity contribution in [2.24, 2.45) is 5.92 Å². The van der Waals surface area contributed by atoms with Crippen LogP contribution in [-0.4, -0.2) is 71.6 Å². The highest BCUT2D eigenvalue weighted by atomic mass is 16.5. The lowest BCUT2D eigenvalue weighted by Crippen LogP contribution is -2.57. The first kappa shape index (κ1) is 21.4. The Bertz CT molecular complexity index is 1150. The normalized spacial score (nSPS) is 17.2. The van der Waals surface area contributed by atoms with Crippen LogP contribution < -0.4 is 25.2 Å². The molecule has 0 aromatic carbocycles. The van der Waals surface area contributed by atoms with Gasteiger partial charge in [0.05, 0.1) is 36.7 Å². The molecule has 2 saturated heterocycles. The molecule has 33 heavy (non-hydrogen) atoms. The second-order valence-corrected chi connectivity index (χ2v) is 9.09. The van der Waals surface area contributed by atoms with Crippen molar-refractivity contribution < 1.29 is 9.53 Å². The zero-order valence-electron chi connectivity index (χ0n) is 19.3. The molecule has 0 bridgehead atoms. The number of aromatic nitrogens is 4. The molecule has 2 aliphatic rings. The zero-order chi connectivity index (χ0) is 23.0. The maximum atomic E-state index is 13.1. The Hall–Kier alpha value is -3.40. The zero-order valence-corrected chi connectivity index (χ0v) is 19.3. The molecule has 2 N–H and O–H groups in total. The van der Waals surface area contributed by atoms with Crippen molar-refractivity contribution >= 4 is 23.3 Å². The molecule has 1 amide bonds. The van der Waals surface area contributed by atoms with Gasteiger partial charge in [-0.1, -0.05) is 6.07 Å². The molecule has 2 aliphatic heterocycles. The Balaban J connectivity index is 1.26. The average molecular weight is 451 g/mol. The van der Waals surface area contributed by atoms with Crippen molar-refractivity contribution in [3.63, 3.8) is 0 Å². The van der Waals surface area contributed by atoms with Crippen LogP contribution in [0.5, 0.6) is 5.75 Å². The summed E-state index contributed by atoms with van der Waals surface area (Å²) in [5.74, 6) is 1.97. The molecule has 0 saturated carbocycles. The van der Waals surface area contributed by atoms with Gasteiger partial charge in [-0.25, -0.2) is 9.97 Å². The molecule has 0 radical (unpaired) electrons. The highest BCUT2D eigenvalue weighted by Gasteiger charge is 2.38. The van der Waals surface area contributed by atoms with Crippen molar-refractivity contribution in [1.29, 1.82) is 0 Å². The monoisotopic (exact) mass is 450 g/mol. The summed E-state index contributed by atoms with van der Waals surface area (Å²) in [6, 6.07) is 5.87. The van der Waals surface area contributed by atoms with E-state index in [0.29, 0.717) is 24.8 Å². The molecule has 0 unspecified atom stereocenters. The number of nitrogens with one attached hydrogen (secondary N) is 2. The largest absolute Gasteiger partial charge is 0.491 e. The molecule has 0 aliphatic carbocycles. The lowest BCUT2D eigenvalue weighted by Gasteiger charge is -2.41. The van der Waals surface area contributed by atoms with E-state index in [0.717, 1.165) is 43.3 Å². The third kappa shape index (κ3) is 4.06. The van der Waals surface area contributed by atoms with Gasteiger partial charge in [0.25, 0.3) is 0 Å². The second-order valence-electron chi connectivity index (χ2n) is 9.09. The van der Waals surface area contributed by atoms with Crippen LogP contribution in [0.4, 0.5) is 11.8 Å². The van der Waals surface area contributed by atoms with Crippen LogP contribution >= 0.6 is 0 Å². The minimum absolute atomic E-state index is 0.0254. The van der Waals surface area contributed by atoms with Gasteiger partial charge in [-0.3, -0.25) is 4.79 Å². The summed E-state index contributed by atoms with van der Waals surface area (Å²) in [5.41, 5.74) is 1.25. The third-order valence-corrected chi connectivity index (χ3v) is 6.39. The van der Waals surface area contributed by atoms with Crippen molar-refractivity contribution in [3.8, 4) is 5.75 Å². The molecule has 3 aromatic rings. The van der Waals surface area contributed by atoms with E-state index in [9.17, 15) is 4.79 Å². The topological polar surface area (TPSA) is 99.9 Å². The van der Waals surface area contributed by atoms with Gasteiger partial charge in [-0.2, -0.15) is 4.98 Å². The van der Waals surface area contributed by atoms with Crippen LogP contribution in [0.3, 0.4) is 0 Å². The predicted octanol–water partition coefficient (Wildman–Crippen LogP) is 1.03. The predicted molar refractivity (Wildman–Crippen MR) is 126 cm³/mol. The summed E-state index contributed by atoms with van der Waals surface area (Å²) in [6.07, 6.45) is 5.51. The van der Waals surface area contributed by atoms with E-state index in [-0.39, 0.29) is 11.8 Å². The summed E-state index contributed by atoms with van der Waals surface area (Å²) in [5, 5.41) is 6.55. The molecular weight excluding hydrogens is 420 g/mol. The number of methoxy groups -OCH3 is 1. The van der Waals surface area contributed by atoms with E-state index in [1.807, 2.05) is 48.8 Å². The van der Waals surface area contributed by atoms with Crippen molar-refractivity contribution in [2.45, 2.75) is 19.4 Å². The van der Waals surface area contributed by atoms with E-state index < -0.39 is 5.54 Å². The SMILES string of the molecule is COc1cnc(N2CCNCC2)nc1N1CC(C(=O)NC(C)(C)c2cnc3ccccn23)C1. The second kappa shape index (κ2) is 8.51. The summed E-state index contributed by atoms with van der Waals surface area (Å²) in [7, 11) is 1.62. The minimum Gasteiger partial charge on any atom is -0.491 e. The number of fused-ring (bicyclic) bond motifs is 1. The molecule has 0 spiro atoms. The highest BCUT2D eigenvalue weighted by molar-refractivity contribution is 5.83. The van der Waals surface area contributed by atoms with Gasteiger partial charge >= 0.3 is 0 Å². The van der Waals surface area contributed by atoms with Crippen LogP contribution in [0.2, 0.25) is 0 Å². The Morgan fingerprint density at radius 2 is 1.94 bits per heavy atom. The molecule has 174 valence electrons. The van der Waals surface area contributed by atoms with Crippen LogP contribution in [0.1, 0.15) is 19.5 Å². The highest BCUT2D eigenvalue weighted by Crippen LogP contribution is 2.33. The number of carbonyl (C=O) groups is 1. The molecule has 5 heterocycles.